The van der Waals surface area contributed by atoms with Crippen LogP contribution in [0.1, 0.15) is 54.0 Å². The van der Waals surface area contributed by atoms with Gasteiger partial charge in [-0.25, -0.2) is 5.43 Å². The number of amides is 2. The van der Waals surface area contributed by atoms with Crippen LogP contribution in [-0.4, -0.2) is 18.4 Å². The summed E-state index contributed by atoms with van der Waals surface area (Å²) in [4.78, 5) is 26.6. The van der Waals surface area contributed by atoms with Gasteiger partial charge in [0, 0.05) is 18.2 Å². The summed E-state index contributed by atoms with van der Waals surface area (Å²) in [7, 11) is 0. The lowest BCUT2D eigenvalue weighted by Gasteiger charge is -2.41. The molecule has 2 fully saturated rings. The van der Waals surface area contributed by atoms with Crippen LogP contribution in [0, 0.1) is 11.8 Å². The minimum absolute atomic E-state index is 0.0306. The van der Waals surface area contributed by atoms with E-state index in [1.165, 1.54) is 11.0 Å². The molecule has 3 unspecified atom stereocenters. The first-order valence-corrected chi connectivity index (χ1v) is 11.5. The third kappa shape index (κ3) is 4.24. The first-order chi connectivity index (χ1) is 15.8. The molecule has 5 nitrogen and oxygen atoms in total. The molecule has 1 saturated heterocycles. The van der Waals surface area contributed by atoms with Crippen LogP contribution in [0.2, 0.25) is 0 Å². The fourth-order valence-electron chi connectivity index (χ4n) is 5.49. The summed E-state index contributed by atoms with van der Waals surface area (Å²) in [5.74, 6) is 0.140. The highest BCUT2D eigenvalue weighted by atomic mass is 19.4. The van der Waals surface area contributed by atoms with Crippen LogP contribution in [0.15, 0.2) is 42.5 Å². The number of carbonyl (C=O) groups is 2. The second-order valence-corrected chi connectivity index (χ2v) is 9.22. The molecule has 0 radical (unpaired) electrons. The Labute approximate surface area is 190 Å². The Hall–Kier alpha value is -2.87. The van der Waals surface area contributed by atoms with Crippen LogP contribution in [0.4, 0.5) is 18.9 Å². The molecule has 0 aromatic heterocycles. The topological polar surface area (TPSA) is 61.4 Å². The summed E-state index contributed by atoms with van der Waals surface area (Å²) < 4.78 is 39.3. The normalized spacial score (nSPS) is 24.8. The Bertz CT molecular complexity index is 1070. The fraction of sp³-hybridized carbons (Fsp3) is 0.440. The molecule has 2 N–H and O–H groups in total. The van der Waals surface area contributed by atoms with E-state index < -0.39 is 11.7 Å². The maximum atomic E-state index is 13.1. The van der Waals surface area contributed by atoms with E-state index in [4.69, 9.17) is 0 Å². The van der Waals surface area contributed by atoms with Crippen LogP contribution in [-0.2, 0) is 28.6 Å². The number of rotatable bonds is 3. The van der Waals surface area contributed by atoms with Crippen molar-refractivity contribution in [3.63, 3.8) is 0 Å². The molecule has 1 aliphatic carbocycles. The maximum Gasteiger partial charge on any atom is 0.416 e. The number of benzene rings is 2. The number of nitrogens with one attached hydrogen (secondary N) is 2. The van der Waals surface area contributed by atoms with Crippen molar-refractivity contribution in [1.29, 1.82) is 0 Å². The quantitative estimate of drug-likeness (QED) is 0.722. The number of anilines is 1. The number of nitrogens with zero attached hydrogens (tertiary/aromatic N) is 1. The molecule has 8 heteroatoms. The van der Waals surface area contributed by atoms with E-state index in [1.807, 2.05) is 24.3 Å². The zero-order valence-corrected chi connectivity index (χ0v) is 18.1. The molecule has 2 aromatic rings. The maximum absolute atomic E-state index is 13.1. The number of hydrogen-bond acceptors (Lipinski definition) is 3. The molecule has 174 valence electrons. The Morgan fingerprint density at radius 1 is 1.06 bits per heavy atom. The molecule has 3 aliphatic rings. The molecule has 0 bridgehead atoms. The smallest absolute Gasteiger partial charge is 0.312 e. The molecule has 5 rings (SSSR count). The third-order valence-corrected chi connectivity index (χ3v) is 7.24. The van der Waals surface area contributed by atoms with Gasteiger partial charge in [-0.3, -0.25) is 15.0 Å². The summed E-state index contributed by atoms with van der Waals surface area (Å²) in [5.41, 5.74) is 8.21. The van der Waals surface area contributed by atoms with Gasteiger partial charge >= 0.3 is 6.18 Å². The van der Waals surface area contributed by atoms with E-state index in [0.717, 1.165) is 54.5 Å². The Morgan fingerprint density at radius 3 is 2.58 bits per heavy atom. The average molecular weight is 457 g/mol. The molecule has 2 amide bonds. The zero-order valence-electron chi connectivity index (χ0n) is 18.1. The minimum atomic E-state index is -4.44. The van der Waals surface area contributed by atoms with E-state index in [-0.39, 0.29) is 36.1 Å². The number of alkyl halides is 3. The van der Waals surface area contributed by atoms with Gasteiger partial charge in [-0.15, -0.1) is 0 Å². The van der Waals surface area contributed by atoms with E-state index in [9.17, 15) is 22.8 Å². The van der Waals surface area contributed by atoms with Gasteiger partial charge < -0.3 is 4.90 Å². The van der Waals surface area contributed by atoms with Gasteiger partial charge in [0.05, 0.1) is 18.0 Å². The lowest BCUT2D eigenvalue weighted by molar-refractivity contribution is -0.137. The Morgan fingerprint density at radius 2 is 1.82 bits per heavy atom. The van der Waals surface area contributed by atoms with Crippen molar-refractivity contribution in [3.05, 3.63) is 64.7 Å². The van der Waals surface area contributed by atoms with Crippen LogP contribution >= 0.6 is 0 Å². The van der Waals surface area contributed by atoms with E-state index in [2.05, 4.69) is 10.9 Å². The first kappa shape index (κ1) is 21.9. The van der Waals surface area contributed by atoms with Crippen LogP contribution in [0.5, 0.6) is 0 Å². The van der Waals surface area contributed by atoms with Crippen molar-refractivity contribution in [2.75, 3.05) is 11.4 Å². The van der Waals surface area contributed by atoms with Crippen molar-refractivity contribution in [2.45, 2.75) is 50.7 Å². The fourth-order valence-corrected chi connectivity index (χ4v) is 5.49. The standard InChI is InChI=1S/C25H26F3N3O2/c26-25(27,28)18-10-9-16-11-12-31(21(16)14-18)22(32)13-15-5-7-17(8-6-15)23-19-3-1-2-4-20(19)24(33)30-29-23/h5-10,14,19-20,23,29H,1-4,11-13H2,(H,30,33). The van der Waals surface area contributed by atoms with Gasteiger partial charge in [0.25, 0.3) is 0 Å². The van der Waals surface area contributed by atoms with Gasteiger partial charge in [-0.2, -0.15) is 13.2 Å². The van der Waals surface area contributed by atoms with Crippen LogP contribution < -0.4 is 15.8 Å². The van der Waals surface area contributed by atoms with Gasteiger partial charge in [0.15, 0.2) is 0 Å². The number of hydrazine groups is 1. The molecule has 3 atom stereocenters. The Balaban J connectivity index is 1.29. The highest BCUT2D eigenvalue weighted by Crippen LogP contribution is 2.41. The lowest BCUT2D eigenvalue weighted by Crippen LogP contribution is -2.55. The van der Waals surface area contributed by atoms with Crippen molar-refractivity contribution in [3.8, 4) is 0 Å². The second kappa shape index (κ2) is 8.48. The second-order valence-electron chi connectivity index (χ2n) is 9.22. The summed E-state index contributed by atoms with van der Waals surface area (Å²) in [6, 6.07) is 11.4. The van der Waals surface area contributed by atoms with Gasteiger partial charge in [-0.1, -0.05) is 43.2 Å². The number of fused-ring (bicyclic) bond motifs is 2. The first-order valence-electron chi connectivity index (χ1n) is 11.5. The molecule has 0 spiro atoms. The summed E-state index contributed by atoms with van der Waals surface area (Å²) in [6.07, 6.45) is 0.348. The van der Waals surface area contributed by atoms with Gasteiger partial charge in [-0.05, 0) is 54.0 Å². The lowest BCUT2D eigenvalue weighted by atomic mass is 9.72. The van der Waals surface area contributed by atoms with E-state index in [1.54, 1.807) is 0 Å². The Kier molecular flexibility index (Phi) is 5.64. The average Bonchev–Trinajstić information content (AvgIpc) is 3.23. The largest absolute Gasteiger partial charge is 0.416 e. The molecule has 1 saturated carbocycles. The molecular weight excluding hydrogens is 431 g/mol. The highest BCUT2D eigenvalue weighted by Gasteiger charge is 2.40. The minimum Gasteiger partial charge on any atom is -0.312 e. The number of halogens is 3. The molecule has 2 aromatic carbocycles. The van der Waals surface area contributed by atoms with E-state index >= 15 is 0 Å². The zero-order chi connectivity index (χ0) is 23.2. The number of carbonyl (C=O) groups excluding carboxylic acids is 2. The predicted molar refractivity (Wildman–Crippen MR) is 117 cm³/mol. The van der Waals surface area contributed by atoms with Gasteiger partial charge in [0.2, 0.25) is 11.8 Å². The molecule has 33 heavy (non-hydrogen) atoms. The van der Waals surface area contributed by atoms with Crippen molar-refractivity contribution < 1.29 is 22.8 Å². The summed E-state index contributed by atoms with van der Waals surface area (Å²) in [6.45, 7) is 0.391. The number of hydrogen-bond donors (Lipinski definition) is 2. The van der Waals surface area contributed by atoms with Crippen LogP contribution in [0.25, 0.3) is 0 Å². The van der Waals surface area contributed by atoms with Crippen LogP contribution in [0.3, 0.4) is 0 Å². The summed E-state index contributed by atoms with van der Waals surface area (Å²) in [5, 5.41) is 0. The van der Waals surface area contributed by atoms with Gasteiger partial charge in [0.1, 0.15) is 0 Å². The molecule has 2 aliphatic heterocycles. The van der Waals surface area contributed by atoms with Crippen molar-refractivity contribution in [2.24, 2.45) is 11.8 Å². The van der Waals surface area contributed by atoms with Crippen molar-refractivity contribution in [1.82, 2.24) is 10.9 Å². The monoisotopic (exact) mass is 457 g/mol. The highest BCUT2D eigenvalue weighted by molar-refractivity contribution is 5.96. The predicted octanol–water partition coefficient (Wildman–Crippen LogP) is 4.32. The SMILES string of the molecule is O=C1NNC(c2ccc(CC(=O)N3CCc4ccc(C(F)(F)F)cc43)cc2)C2CCCCC12. The van der Waals surface area contributed by atoms with E-state index in [0.29, 0.717) is 18.7 Å². The molecule has 2 heterocycles. The molecular formula is C25H26F3N3O2. The third-order valence-electron chi connectivity index (χ3n) is 7.24. The summed E-state index contributed by atoms with van der Waals surface area (Å²) >= 11 is 0. The van der Waals surface area contributed by atoms with Crippen molar-refractivity contribution >= 4 is 17.5 Å².